The molecule has 1 aliphatic carbocycles. The fourth-order valence-electron chi connectivity index (χ4n) is 2.33. The van der Waals surface area contributed by atoms with E-state index in [-0.39, 0.29) is 0 Å². The number of anilines is 2. The fourth-order valence-corrected chi connectivity index (χ4v) is 2.33. The van der Waals surface area contributed by atoms with E-state index in [1.165, 1.54) is 0 Å². The standard InChI is InChI=1S/C13H19N3O2/c14-10-4-3-9(12(15)17)7-11(10)16-8-13(18)5-1-2-6-13/h3-4,7,16,18H,1-2,5-6,8,14H2,(H2,15,17). The molecule has 0 unspecified atom stereocenters. The van der Waals surface area contributed by atoms with Crippen molar-refractivity contribution in [2.45, 2.75) is 31.3 Å². The topological polar surface area (TPSA) is 101 Å². The zero-order valence-corrected chi connectivity index (χ0v) is 10.3. The summed E-state index contributed by atoms with van der Waals surface area (Å²) in [6.45, 7) is 0.444. The lowest BCUT2D eigenvalue weighted by Crippen LogP contribution is -2.33. The highest BCUT2D eigenvalue weighted by molar-refractivity contribution is 5.94. The van der Waals surface area contributed by atoms with E-state index < -0.39 is 11.5 Å². The van der Waals surface area contributed by atoms with E-state index in [1.807, 2.05) is 0 Å². The normalized spacial score (nSPS) is 17.6. The molecule has 5 heteroatoms. The lowest BCUT2D eigenvalue weighted by molar-refractivity contribution is 0.0615. The number of carbonyl (C=O) groups excluding carboxylic acids is 1. The second-order valence-electron chi connectivity index (χ2n) is 4.95. The zero-order chi connectivity index (χ0) is 13.2. The average molecular weight is 249 g/mol. The Morgan fingerprint density at radius 2 is 2.06 bits per heavy atom. The number of aliphatic hydroxyl groups is 1. The van der Waals surface area contributed by atoms with Crippen LogP contribution in [-0.4, -0.2) is 23.2 Å². The quantitative estimate of drug-likeness (QED) is 0.600. The van der Waals surface area contributed by atoms with Gasteiger partial charge in [-0.2, -0.15) is 0 Å². The van der Waals surface area contributed by atoms with Gasteiger partial charge in [0.2, 0.25) is 5.91 Å². The number of nitrogens with one attached hydrogen (secondary N) is 1. The molecule has 0 saturated heterocycles. The van der Waals surface area contributed by atoms with Crippen LogP contribution < -0.4 is 16.8 Å². The van der Waals surface area contributed by atoms with Gasteiger partial charge in [0, 0.05) is 12.1 Å². The van der Waals surface area contributed by atoms with Gasteiger partial charge in [0.15, 0.2) is 0 Å². The van der Waals surface area contributed by atoms with Gasteiger partial charge < -0.3 is 21.9 Å². The Morgan fingerprint density at radius 1 is 1.39 bits per heavy atom. The Labute approximate surface area is 106 Å². The van der Waals surface area contributed by atoms with E-state index in [9.17, 15) is 9.90 Å². The molecular formula is C13H19N3O2. The van der Waals surface area contributed by atoms with Crippen LogP contribution in [-0.2, 0) is 0 Å². The molecule has 1 aromatic rings. The summed E-state index contributed by atoms with van der Waals surface area (Å²) in [4.78, 5) is 11.1. The van der Waals surface area contributed by atoms with Crippen molar-refractivity contribution < 1.29 is 9.90 Å². The Hall–Kier alpha value is -1.75. The Balaban J connectivity index is 2.08. The number of carbonyl (C=O) groups is 1. The van der Waals surface area contributed by atoms with Gasteiger partial charge in [0.05, 0.1) is 17.0 Å². The highest BCUT2D eigenvalue weighted by Crippen LogP contribution is 2.30. The van der Waals surface area contributed by atoms with E-state index >= 15 is 0 Å². The molecule has 0 aromatic heterocycles. The molecule has 98 valence electrons. The number of hydrogen-bond acceptors (Lipinski definition) is 4. The summed E-state index contributed by atoms with van der Waals surface area (Å²) in [6.07, 6.45) is 3.70. The molecule has 5 nitrogen and oxygen atoms in total. The lowest BCUT2D eigenvalue weighted by Gasteiger charge is -2.23. The second-order valence-corrected chi connectivity index (χ2v) is 4.95. The van der Waals surface area contributed by atoms with Crippen molar-refractivity contribution in [1.82, 2.24) is 0 Å². The van der Waals surface area contributed by atoms with Crippen LogP contribution in [0.4, 0.5) is 11.4 Å². The number of amides is 1. The van der Waals surface area contributed by atoms with Gasteiger partial charge in [0.25, 0.3) is 0 Å². The highest BCUT2D eigenvalue weighted by atomic mass is 16.3. The number of rotatable bonds is 4. The van der Waals surface area contributed by atoms with Crippen molar-refractivity contribution in [2.75, 3.05) is 17.6 Å². The van der Waals surface area contributed by atoms with Crippen LogP contribution in [0.25, 0.3) is 0 Å². The minimum absolute atomic E-state index is 0.408. The molecule has 1 fully saturated rings. The minimum Gasteiger partial charge on any atom is -0.397 e. The van der Waals surface area contributed by atoms with Gasteiger partial charge >= 0.3 is 0 Å². The van der Waals surface area contributed by atoms with E-state index in [2.05, 4.69) is 5.32 Å². The molecule has 1 amide bonds. The molecule has 0 heterocycles. The van der Waals surface area contributed by atoms with E-state index in [4.69, 9.17) is 11.5 Å². The Bertz CT molecular complexity index is 454. The first kappa shape index (κ1) is 12.7. The first-order chi connectivity index (χ1) is 8.50. The lowest BCUT2D eigenvalue weighted by atomic mass is 10.0. The smallest absolute Gasteiger partial charge is 0.248 e. The highest BCUT2D eigenvalue weighted by Gasteiger charge is 2.30. The SMILES string of the molecule is NC(=O)c1ccc(N)c(NCC2(O)CCCC2)c1. The predicted molar refractivity (Wildman–Crippen MR) is 71.3 cm³/mol. The largest absolute Gasteiger partial charge is 0.397 e. The molecule has 0 bridgehead atoms. The van der Waals surface area contributed by atoms with Crippen LogP contribution in [0.15, 0.2) is 18.2 Å². The van der Waals surface area contributed by atoms with Crippen molar-refractivity contribution in [1.29, 1.82) is 0 Å². The summed E-state index contributed by atoms with van der Waals surface area (Å²) >= 11 is 0. The van der Waals surface area contributed by atoms with Gasteiger partial charge in [-0.15, -0.1) is 0 Å². The molecule has 0 atom stereocenters. The van der Waals surface area contributed by atoms with Crippen molar-refractivity contribution >= 4 is 17.3 Å². The second kappa shape index (κ2) is 4.86. The van der Waals surface area contributed by atoms with Crippen LogP contribution in [0.3, 0.4) is 0 Å². The summed E-state index contributed by atoms with van der Waals surface area (Å²) in [7, 11) is 0. The summed E-state index contributed by atoms with van der Waals surface area (Å²) in [6, 6.07) is 4.85. The molecule has 1 saturated carbocycles. The van der Waals surface area contributed by atoms with Gasteiger partial charge in [0.1, 0.15) is 0 Å². The average Bonchev–Trinajstić information content (AvgIpc) is 2.75. The fraction of sp³-hybridized carbons (Fsp3) is 0.462. The third-order valence-corrected chi connectivity index (χ3v) is 3.48. The number of nitrogens with two attached hydrogens (primary N) is 2. The van der Waals surface area contributed by atoms with Gasteiger partial charge in [-0.05, 0) is 31.0 Å². The van der Waals surface area contributed by atoms with E-state index in [1.54, 1.807) is 18.2 Å². The molecule has 0 spiro atoms. The molecular weight excluding hydrogens is 230 g/mol. The predicted octanol–water partition coefficient (Wildman–Crippen LogP) is 1.08. The van der Waals surface area contributed by atoms with Crippen molar-refractivity contribution in [2.24, 2.45) is 5.73 Å². The number of nitrogen functional groups attached to an aromatic ring is 1. The number of benzene rings is 1. The van der Waals surface area contributed by atoms with Crippen molar-refractivity contribution in [3.05, 3.63) is 23.8 Å². The van der Waals surface area contributed by atoms with Crippen LogP contribution in [0.5, 0.6) is 0 Å². The summed E-state index contributed by atoms with van der Waals surface area (Å²) < 4.78 is 0. The molecule has 1 aromatic carbocycles. The maximum absolute atomic E-state index is 11.1. The van der Waals surface area contributed by atoms with Crippen LogP contribution in [0.1, 0.15) is 36.0 Å². The first-order valence-corrected chi connectivity index (χ1v) is 6.16. The first-order valence-electron chi connectivity index (χ1n) is 6.16. The van der Waals surface area contributed by atoms with Gasteiger partial charge in [-0.1, -0.05) is 12.8 Å². The maximum atomic E-state index is 11.1. The van der Waals surface area contributed by atoms with Crippen LogP contribution in [0, 0.1) is 0 Å². The van der Waals surface area contributed by atoms with Crippen LogP contribution in [0.2, 0.25) is 0 Å². The molecule has 2 rings (SSSR count). The van der Waals surface area contributed by atoms with Gasteiger partial charge in [-0.3, -0.25) is 4.79 Å². The third kappa shape index (κ3) is 2.73. The number of hydrogen-bond donors (Lipinski definition) is 4. The zero-order valence-electron chi connectivity index (χ0n) is 10.3. The molecule has 18 heavy (non-hydrogen) atoms. The Kier molecular flexibility index (Phi) is 3.43. The van der Waals surface area contributed by atoms with Crippen molar-refractivity contribution in [3.8, 4) is 0 Å². The van der Waals surface area contributed by atoms with Crippen molar-refractivity contribution in [3.63, 3.8) is 0 Å². The molecule has 0 aliphatic heterocycles. The Morgan fingerprint density at radius 3 is 2.67 bits per heavy atom. The van der Waals surface area contributed by atoms with Gasteiger partial charge in [-0.25, -0.2) is 0 Å². The number of primary amides is 1. The molecule has 0 radical (unpaired) electrons. The molecule has 6 N–H and O–H groups in total. The summed E-state index contributed by atoms with van der Waals surface area (Å²) in [5, 5.41) is 13.3. The third-order valence-electron chi connectivity index (χ3n) is 3.48. The summed E-state index contributed by atoms with van der Waals surface area (Å²) in [5.74, 6) is -0.488. The van der Waals surface area contributed by atoms with Crippen LogP contribution >= 0.6 is 0 Å². The van der Waals surface area contributed by atoms with E-state index in [0.29, 0.717) is 23.5 Å². The maximum Gasteiger partial charge on any atom is 0.248 e. The minimum atomic E-state index is -0.658. The summed E-state index contributed by atoms with van der Waals surface area (Å²) in [5.41, 5.74) is 12.0. The molecule has 1 aliphatic rings. The van der Waals surface area contributed by atoms with E-state index in [0.717, 1.165) is 25.7 Å². The monoisotopic (exact) mass is 249 g/mol.